The highest BCUT2D eigenvalue weighted by molar-refractivity contribution is 7.93. The molecular formula is C23H24ClN5O3S2. The molecule has 2 aromatic carbocycles. The highest BCUT2D eigenvalue weighted by Gasteiger charge is 2.38. The summed E-state index contributed by atoms with van der Waals surface area (Å²) in [5.74, 6) is 0.0581. The summed E-state index contributed by atoms with van der Waals surface area (Å²) in [6.45, 7) is 3.81. The van der Waals surface area contributed by atoms with E-state index in [9.17, 15) is 13.2 Å². The number of benzene rings is 2. The fourth-order valence-corrected chi connectivity index (χ4v) is 6.54. The molecule has 0 aliphatic carbocycles. The van der Waals surface area contributed by atoms with Gasteiger partial charge in [0.25, 0.3) is 10.0 Å². The normalized spacial score (nSPS) is 19.6. The summed E-state index contributed by atoms with van der Waals surface area (Å²) < 4.78 is 27.6. The molecule has 0 bridgehead atoms. The maximum absolute atomic E-state index is 13.2. The minimum Gasteiger partial charge on any atom is -0.368 e. The van der Waals surface area contributed by atoms with Gasteiger partial charge in [0, 0.05) is 50.0 Å². The van der Waals surface area contributed by atoms with Crippen molar-refractivity contribution in [2.24, 2.45) is 0 Å². The van der Waals surface area contributed by atoms with Crippen molar-refractivity contribution >= 4 is 55.4 Å². The van der Waals surface area contributed by atoms with Gasteiger partial charge in [-0.05, 0) is 42.8 Å². The number of hydrogen-bond donors (Lipinski definition) is 1. The van der Waals surface area contributed by atoms with Gasteiger partial charge in [0.1, 0.15) is 0 Å². The molecule has 34 heavy (non-hydrogen) atoms. The minimum atomic E-state index is -3.72. The molecule has 1 amide bonds. The second-order valence-corrected chi connectivity index (χ2v) is 11.2. The Morgan fingerprint density at radius 2 is 1.74 bits per heavy atom. The summed E-state index contributed by atoms with van der Waals surface area (Å²) >= 11 is 7.56. The summed E-state index contributed by atoms with van der Waals surface area (Å²) in [7, 11) is -3.72. The van der Waals surface area contributed by atoms with Crippen LogP contribution >= 0.6 is 22.9 Å². The third-order valence-corrected chi connectivity index (χ3v) is 8.73. The van der Waals surface area contributed by atoms with Gasteiger partial charge in [0.05, 0.1) is 21.6 Å². The average molecular weight is 518 g/mol. The van der Waals surface area contributed by atoms with Crippen LogP contribution in [-0.4, -0.2) is 63.0 Å². The second kappa shape index (κ2) is 9.53. The Morgan fingerprint density at radius 1 is 1.00 bits per heavy atom. The SMILES string of the molecule is O=C1[C@@H](N2CCN(c3ccccc3Cl)CC2)CCN1c1ccc(S(=O)(=O)Nc2nccs2)cc1. The first-order chi connectivity index (χ1) is 16.4. The van der Waals surface area contributed by atoms with Crippen LogP contribution < -0.4 is 14.5 Å². The molecule has 2 saturated heterocycles. The van der Waals surface area contributed by atoms with Crippen molar-refractivity contribution in [1.82, 2.24) is 9.88 Å². The van der Waals surface area contributed by atoms with Crippen LogP contribution in [0.25, 0.3) is 0 Å². The number of aromatic nitrogens is 1. The molecule has 2 aliphatic heterocycles. The smallest absolute Gasteiger partial charge is 0.263 e. The van der Waals surface area contributed by atoms with Gasteiger partial charge in [-0.2, -0.15) is 0 Å². The predicted octanol–water partition coefficient (Wildman–Crippen LogP) is 3.52. The molecule has 3 aromatic rings. The lowest BCUT2D eigenvalue weighted by Gasteiger charge is -2.38. The standard InChI is InChI=1S/C23H24ClN5O3S2/c24-19-3-1-2-4-20(19)27-12-14-28(15-13-27)21-9-11-29(22(21)30)17-5-7-18(8-6-17)34(31,32)26-23-25-10-16-33-23/h1-8,10,16,21H,9,11-15H2,(H,25,26)/t21-/m0/s1. The van der Waals surface area contributed by atoms with E-state index in [2.05, 4.69) is 19.5 Å². The van der Waals surface area contributed by atoms with Gasteiger partial charge < -0.3 is 9.80 Å². The molecule has 0 saturated carbocycles. The average Bonchev–Trinajstić information content (AvgIpc) is 3.49. The topological polar surface area (TPSA) is 85.9 Å². The number of halogens is 1. The Balaban J connectivity index is 1.22. The van der Waals surface area contributed by atoms with Crippen molar-refractivity contribution in [2.45, 2.75) is 17.4 Å². The third-order valence-electron chi connectivity index (χ3n) is 6.24. The number of rotatable bonds is 6. The van der Waals surface area contributed by atoms with E-state index in [4.69, 9.17) is 11.6 Å². The van der Waals surface area contributed by atoms with Gasteiger partial charge in [-0.25, -0.2) is 13.4 Å². The van der Waals surface area contributed by atoms with Gasteiger partial charge in [0.2, 0.25) is 5.91 Å². The van der Waals surface area contributed by atoms with Crippen LogP contribution in [0, 0.1) is 0 Å². The van der Waals surface area contributed by atoms with E-state index in [-0.39, 0.29) is 16.8 Å². The number of piperazine rings is 1. The van der Waals surface area contributed by atoms with Gasteiger partial charge >= 0.3 is 0 Å². The molecule has 5 rings (SSSR count). The molecule has 8 nitrogen and oxygen atoms in total. The maximum atomic E-state index is 13.2. The van der Waals surface area contributed by atoms with Crippen LogP contribution in [0.2, 0.25) is 5.02 Å². The molecule has 2 aliphatic rings. The fraction of sp³-hybridized carbons (Fsp3) is 0.304. The van der Waals surface area contributed by atoms with Gasteiger partial charge in [-0.3, -0.25) is 14.4 Å². The van der Waals surface area contributed by atoms with Gasteiger partial charge in [0.15, 0.2) is 5.13 Å². The Labute approximate surface area is 207 Å². The van der Waals surface area contributed by atoms with Gasteiger partial charge in [-0.15, -0.1) is 11.3 Å². The number of nitrogens with one attached hydrogen (secondary N) is 1. The van der Waals surface area contributed by atoms with Crippen LogP contribution in [0.1, 0.15) is 6.42 Å². The molecule has 3 heterocycles. The van der Waals surface area contributed by atoms with Crippen LogP contribution in [0.15, 0.2) is 65.0 Å². The summed E-state index contributed by atoms with van der Waals surface area (Å²) in [6, 6.07) is 14.1. The molecule has 1 atom stereocenters. The van der Waals surface area contributed by atoms with Crippen molar-refractivity contribution in [3.05, 3.63) is 65.1 Å². The lowest BCUT2D eigenvalue weighted by atomic mass is 10.1. The number of carbonyl (C=O) groups excluding carboxylic acids is 1. The molecule has 11 heteroatoms. The Hall–Kier alpha value is -2.66. The fourth-order valence-electron chi connectivity index (χ4n) is 4.50. The Bertz CT molecular complexity index is 1260. The number of hydrogen-bond acceptors (Lipinski definition) is 7. The van der Waals surface area contributed by atoms with Gasteiger partial charge in [-0.1, -0.05) is 23.7 Å². The van der Waals surface area contributed by atoms with E-state index in [1.807, 2.05) is 24.3 Å². The summed E-state index contributed by atoms with van der Waals surface area (Å²) in [6.07, 6.45) is 2.29. The highest BCUT2D eigenvalue weighted by atomic mass is 35.5. The lowest BCUT2D eigenvalue weighted by Crippen LogP contribution is -2.52. The van der Waals surface area contributed by atoms with E-state index in [0.29, 0.717) is 17.4 Å². The van der Waals surface area contributed by atoms with Crippen LogP contribution in [0.5, 0.6) is 0 Å². The number of thiazole rings is 1. The quantitative estimate of drug-likeness (QED) is 0.538. The molecular weight excluding hydrogens is 494 g/mol. The lowest BCUT2D eigenvalue weighted by molar-refractivity contribution is -0.121. The van der Waals surface area contributed by atoms with Crippen molar-refractivity contribution in [2.75, 3.05) is 47.2 Å². The first-order valence-corrected chi connectivity index (χ1v) is 13.7. The van der Waals surface area contributed by atoms with E-state index in [0.717, 1.165) is 43.3 Å². The van der Waals surface area contributed by atoms with E-state index in [1.165, 1.54) is 29.7 Å². The molecule has 0 radical (unpaired) electrons. The van der Waals surface area contributed by atoms with E-state index in [1.54, 1.807) is 22.4 Å². The summed E-state index contributed by atoms with van der Waals surface area (Å²) in [5, 5.41) is 2.76. The molecule has 0 spiro atoms. The predicted molar refractivity (Wildman–Crippen MR) is 135 cm³/mol. The number of sulfonamides is 1. The van der Waals surface area contributed by atoms with Crippen molar-refractivity contribution in [3.8, 4) is 0 Å². The number of para-hydroxylation sites is 1. The first kappa shape index (κ1) is 23.1. The molecule has 178 valence electrons. The Morgan fingerprint density at radius 3 is 2.41 bits per heavy atom. The first-order valence-electron chi connectivity index (χ1n) is 11.0. The molecule has 2 fully saturated rings. The Kier molecular flexibility index (Phi) is 6.48. The monoisotopic (exact) mass is 517 g/mol. The van der Waals surface area contributed by atoms with E-state index >= 15 is 0 Å². The number of amides is 1. The van der Waals surface area contributed by atoms with Crippen molar-refractivity contribution in [1.29, 1.82) is 0 Å². The van der Waals surface area contributed by atoms with Crippen LogP contribution in [0.3, 0.4) is 0 Å². The number of nitrogens with zero attached hydrogens (tertiary/aromatic N) is 4. The highest BCUT2D eigenvalue weighted by Crippen LogP contribution is 2.29. The summed E-state index contributed by atoms with van der Waals surface area (Å²) in [5.41, 5.74) is 1.73. The largest absolute Gasteiger partial charge is 0.368 e. The van der Waals surface area contributed by atoms with Crippen molar-refractivity contribution < 1.29 is 13.2 Å². The molecule has 0 unspecified atom stereocenters. The summed E-state index contributed by atoms with van der Waals surface area (Å²) in [4.78, 5) is 23.6. The van der Waals surface area contributed by atoms with Crippen LogP contribution in [0.4, 0.5) is 16.5 Å². The van der Waals surface area contributed by atoms with Crippen molar-refractivity contribution in [3.63, 3.8) is 0 Å². The van der Waals surface area contributed by atoms with Crippen LogP contribution in [-0.2, 0) is 14.8 Å². The number of carbonyl (C=O) groups is 1. The molecule has 1 N–H and O–H groups in total. The third kappa shape index (κ3) is 4.63. The van der Waals surface area contributed by atoms with E-state index < -0.39 is 10.0 Å². The molecule has 1 aromatic heterocycles. The number of anilines is 3. The second-order valence-electron chi connectivity index (χ2n) is 8.21. The minimum absolute atomic E-state index is 0.0581. The zero-order valence-electron chi connectivity index (χ0n) is 18.3. The maximum Gasteiger partial charge on any atom is 0.263 e. The zero-order valence-corrected chi connectivity index (χ0v) is 20.7. The zero-order chi connectivity index (χ0) is 23.7.